The summed E-state index contributed by atoms with van der Waals surface area (Å²) in [4.78, 5) is 12.8. The predicted molar refractivity (Wildman–Crippen MR) is 76.4 cm³/mol. The van der Waals surface area contributed by atoms with Crippen LogP contribution in [0.15, 0.2) is 18.2 Å². The van der Waals surface area contributed by atoms with Gasteiger partial charge in [-0.3, -0.25) is 0 Å². The topological polar surface area (TPSA) is 104 Å². The van der Waals surface area contributed by atoms with Crippen LogP contribution in [0.1, 0.15) is 10.4 Å². The van der Waals surface area contributed by atoms with E-state index in [0.717, 1.165) is 5.69 Å². The van der Waals surface area contributed by atoms with E-state index in [1.807, 2.05) is 4.90 Å². The van der Waals surface area contributed by atoms with Gasteiger partial charge >= 0.3 is 5.97 Å². The lowest BCUT2D eigenvalue weighted by Crippen LogP contribution is -2.48. The highest BCUT2D eigenvalue weighted by Crippen LogP contribution is 2.25. The first-order chi connectivity index (χ1) is 9.29. The highest BCUT2D eigenvalue weighted by atomic mass is 32.2. The van der Waals surface area contributed by atoms with Crippen LogP contribution in [0.4, 0.5) is 11.4 Å². The molecule has 0 spiro atoms. The Kier molecular flexibility index (Phi) is 3.87. The number of sulfonamides is 1. The summed E-state index contributed by atoms with van der Waals surface area (Å²) < 4.78 is 24.3. The molecule has 1 aliphatic heterocycles. The minimum Gasteiger partial charge on any atom is -0.478 e. The second kappa shape index (κ2) is 5.29. The second-order valence-corrected chi connectivity index (χ2v) is 6.71. The second-order valence-electron chi connectivity index (χ2n) is 4.73. The van der Waals surface area contributed by atoms with E-state index in [1.165, 1.54) is 22.7 Å². The highest BCUT2D eigenvalue weighted by Gasteiger charge is 2.24. The Labute approximate surface area is 117 Å². The zero-order chi connectivity index (χ0) is 14.9. The SMILES string of the molecule is CS(=O)(=O)N1CCN(c2ccc(C(=O)O)cc2N)CC1. The van der Waals surface area contributed by atoms with Gasteiger partial charge in [0, 0.05) is 26.2 Å². The molecule has 0 aromatic heterocycles. The zero-order valence-corrected chi connectivity index (χ0v) is 11.9. The highest BCUT2D eigenvalue weighted by molar-refractivity contribution is 7.88. The van der Waals surface area contributed by atoms with Crippen molar-refractivity contribution in [2.45, 2.75) is 0 Å². The van der Waals surface area contributed by atoms with Gasteiger partial charge in [0.2, 0.25) is 10.0 Å². The van der Waals surface area contributed by atoms with Crippen LogP contribution in [0.2, 0.25) is 0 Å². The summed E-state index contributed by atoms with van der Waals surface area (Å²) in [5, 5.41) is 8.89. The third-order valence-electron chi connectivity index (χ3n) is 3.32. The van der Waals surface area contributed by atoms with Gasteiger partial charge in [0.25, 0.3) is 0 Å². The Bertz CT molecular complexity index is 622. The van der Waals surface area contributed by atoms with E-state index in [9.17, 15) is 13.2 Å². The Hall–Kier alpha value is -1.80. The van der Waals surface area contributed by atoms with Gasteiger partial charge in [-0.2, -0.15) is 4.31 Å². The van der Waals surface area contributed by atoms with E-state index in [0.29, 0.717) is 31.9 Å². The number of hydrogen-bond acceptors (Lipinski definition) is 5. The Balaban J connectivity index is 2.13. The van der Waals surface area contributed by atoms with E-state index in [4.69, 9.17) is 10.8 Å². The van der Waals surface area contributed by atoms with Crippen LogP contribution in [0.3, 0.4) is 0 Å². The van der Waals surface area contributed by atoms with Gasteiger partial charge in [-0.05, 0) is 18.2 Å². The molecule has 1 aromatic rings. The first-order valence-corrected chi connectivity index (χ1v) is 7.97. The fourth-order valence-corrected chi connectivity index (χ4v) is 3.06. The summed E-state index contributed by atoms with van der Waals surface area (Å²) in [5.41, 5.74) is 7.14. The number of nitrogens with two attached hydrogens (primary N) is 1. The fourth-order valence-electron chi connectivity index (χ4n) is 2.24. The quantitative estimate of drug-likeness (QED) is 0.764. The third-order valence-corrected chi connectivity index (χ3v) is 4.63. The molecule has 8 heteroatoms. The Morgan fingerprint density at radius 3 is 2.30 bits per heavy atom. The van der Waals surface area contributed by atoms with Crippen molar-refractivity contribution >= 4 is 27.4 Å². The number of hydrogen-bond donors (Lipinski definition) is 2. The van der Waals surface area contributed by atoms with Gasteiger partial charge in [0.05, 0.1) is 23.2 Å². The van der Waals surface area contributed by atoms with Gasteiger partial charge in [-0.25, -0.2) is 13.2 Å². The Morgan fingerprint density at radius 1 is 1.25 bits per heavy atom. The zero-order valence-electron chi connectivity index (χ0n) is 11.1. The van der Waals surface area contributed by atoms with Crippen molar-refractivity contribution in [3.63, 3.8) is 0 Å². The molecule has 0 atom stereocenters. The lowest BCUT2D eigenvalue weighted by Gasteiger charge is -2.35. The molecule has 0 unspecified atom stereocenters. The smallest absolute Gasteiger partial charge is 0.335 e. The van der Waals surface area contributed by atoms with Crippen molar-refractivity contribution in [3.05, 3.63) is 23.8 Å². The number of carboxylic acids is 1. The summed E-state index contributed by atoms with van der Waals surface area (Å²) in [7, 11) is -3.16. The minimum atomic E-state index is -3.16. The van der Waals surface area contributed by atoms with E-state index in [1.54, 1.807) is 6.07 Å². The van der Waals surface area contributed by atoms with Gasteiger partial charge in [0.1, 0.15) is 0 Å². The molecule has 2 rings (SSSR count). The molecule has 0 saturated carbocycles. The molecule has 1 aliphatic rings. The first kappa shape index (κ1) is 14.6. The van der Waals surface area contributed by atoms with E-state index < -0.39 is 16.0 Å². The van der Waals surface area contributed by atoms with Crippen molar-refractivity contribution in [3.8, 4) is 0 Å². The molecule has 0 bridgehead atoms. The molecule has 0 radical (unpaired) electrons. The molecular weight excluding hydrogens is 282 g/mol. The number of aromatic carboxylic acids is 1. The summed E-state index contributed by atoms with van der Waals surface area (Å²) >= 11 is 0. The van der Waals surface area contributed by atoms with Crippen LogP contribution in [0.25, 0.3) is 0 Å². The van der Waals surface area contributed by atoms with Gasteiger partial charge in [0.15, 0.2) is 0 Å². The number of carbonyl (C=O) groups is 1. The number of benzene rings is 1. The molecule has 110 valence electrons. The molecular formula is C12H17N3O4S. The van der Waals surface area contributed by atoms with Crippen molar-refractivity contribution in [2.24, 2.45) is 0 Å². The van der Waals surface area contributed by atoms with Crippen molar-refractivity contribution in [1.82, 2.24) is 4.31 Å². The maximum Gasteiger partial charge on any atom is 0.335 e. The molecule has 0 aliphatic carbocycles. The average Bonchev–Trinajstić information content (AvgIpc) is 2.37. The number of nitrogen functional groups attached to an aromatic ring is 1. The molecule has 1 aromatic carbocycles. The van der Waals surface area contributed by atoms with E-state index in [2.05, 4.69) is 0 Å². The number of nitrogens with zero attached hydrogens (tertiary/aromatic N) is 2. The van der Waals surface area contributed by atoms with Crippen LogP contribution in [0, 0.1) is 0 Å². The van der Waals surface area contributed by atoms with Gasteiger partial charge in [-0.1, -0.05) is 0 Å². The fraction of sp³-hybridized carbons (Fsp3) is 0.417. The van der Waals surface area contributed by atoms with Crippen molar-refractivity contribution in [1.29, 1.82) is 0 Å². The molecule has 20 heavy (non-hydrogen) atoms. The van der Waals surface area contributed by atoms with Gasteiger partial charge in [-0.15, -0.1) is 0 Å². The van der Waals surface area contributed by atoms with E-state index in [-0.39, 0.29) is 5.56 Å². The largest absolute Gasteiger partial charge is 0.478 e. The maximum atomic E-state index is 11.4. The van der Waals surface area contributed by atoms with Crippen molar-refractivity contribution < 1.29 is 18.3 Å². The van der Waals surface area contributed by atoms with Crippen LogP contribution < -0.4 is 10.6 Å². The lowest BCUT2D eigenvalue weighted by molar-refractivity contribution is 0.0697. The summed E-state index contributed by atoms with van der Waals surface area (Å²) in [6.07, 6.45) is 1.19. The number of anilines is 2. The van der Waals surface area contributed by atoms with Crippen LogP contribution in [-0.4, -0.2) is 56.2 Å². The lowest BCUT2D eigenvalue weighted by atomic mass is 10.1. The minimum absolute atomic E-state index is 0.140. The van der Waals surface area contributed by atoms with E-state index >= 15 is 0 Å². The Morgan fingerprint density at radius 2 is 1.85 bits per heavy atom. The molecule has 1 heterocycles. The maximum absolute atomic E-state index is 11.4. The summed E-state index contributed by atoms with van der Waals surface area (Å²) in [6, 6.07) is 4.58. The molecule has 1 saturated heterocycles. The molecule has 3 N–H and O–H groups in total. The predicted octanol–water partition coefficient (Wildman–Crippen LogP) is 0.0486. The molecule has 0 amide bonds. The van der Waals surface area contributed by atoms with Crippen molar-refractivity contribution in [2.75, 3.05) is 43.1 Å². The number of rotatable bonds is 3. The van der Waals surface area contributed by atoms with Gasteiger partial charge < -0.3 is 15.7 Å². The standard InChI is InChI=1S/C12H17N3O4S/c1-20(18,19)15-6-4-14(5-7-15)11-3-2-9(12(16)17)8-10(11)13/h2-3,8H,4-7,13H2,1H3,(H,16,17). The molecule has 7 nitrogen and oxygen atoms in total. The molecule has 1 fully saturated rings. The number of carboxylic acid groups (broad SMARTS) is 1. The van der Waals surface area contributed by atoms with Crippen LogP contribution in [-0.2, 0) is 10.0 Å². The monoisotopic (exact) mass is 299 g/mol. The average molecular weight is 299 g/mol. The normalized spacial score (nSPS) is 17.1. The summed E-state index contributed by atoms with van der Waals surface area (Å²) in [5.74, 6) is -1.02. The van der Waals surface area contributed by atoms with Crippen LogP contribution in [0.5, 0.6) is 0 Å². The summed E-state index contributed by atoms with van der Waals surface area (Å²) in [6.45, 7) is 1.87. The number of piperazine rings is 1. The van der Waals surface area contributed by atoms with Crippen LogP contribution >= 0.6 is 0 Å². The third kappa shape index (κ3) is 3.02. The first-order valence-electron chi connectivity index (χ1n) is 6.12.